The van der Waals surface area contributed by atoms with Crippen molar-refractivity contribution in [3.05, 3.63) is 71.0 Å². The van der Waals surface area contributed by atoms with Gasteiger partial charge in [0.2, 0.25) is 0 Å². The zero-order valence-corrected chi connectivity index (χ0v) is 16.0. The fourth-order valence-corrected chi connectivity index (χ4v) is 3.67. The number of carbonyl (C=O) groups excluding carboxylic acids is 2. The fourth-order valence-electron chi connectivity index (χ4n) is 3.67. The average Bonchev–Trinajstić information content (AvgIpc) is 3.29. The number of allylic oxidation sites excluding steroid dienone is 1. The van der Waals surface area contributed by atoms with Crippen LogP contribution in [0, 0.1) is 13.8 Å². The molecule has 0 bridgehead atoms. The SMILES string of the molecule is CNC(=O)/C(=C(\C=O)c1c[nH]c2ccc(C)cc12)c1c[nH]c2ccc(C)cc12. The lowest BCUT2D eigenvalue weighted by Crippen LogP contribution is -2.20. The predicted molar refractivity (Wildman–Crippen MR) is 113 cm³/mol. The van der Waals surface area contributed by atoms with Crippen LogP contribution < -0.4 is 5.32 Å². The summed E-state index contributed by atoms with van der Waals surface area (Å²) >= 11 is 0. The van der Waals surface area contributed by atoms with E-state index in [4.69, 9.17) is 0 Å². The van der Waals surface area contributed by atoms with E-state index in [0.29, 0.717) is 22.3 Å². The van der Waals surface area contributed by atoms with Gasteiger partial charge in [-0.2, -0.15) is 0 Å². The van der Waals surface area contributed by atoms with E-state index >= 15 is 0 Å². The first kappa shape index (κ1) is 17.8. The van der Waals surface area contributed by atoms with Crippen LogP contribution in [-0.4, -0.2) is 29.2 Å². The van der Waals surface area contributed by atoms with Gasteiger partial charge >= 0.3 is 0 Å². The zero-order valence-electron chi connectivity index (χ0n) is 16.0. The standard InChI is InChI=1S/C23H21N3O2/c1-13-4-6-20-15(8-13)17(10-25-20)19(12-27)22(23(28)24-3)18-11-26-21-7-5-14(2)9-16(18)21/h4-12,25-26H,1-3H3,(H,24,28)/b22-19+. The first-order valence-corrected chi connectivity index (χ1v) is 9.11. The Labute approximate surface area is 162 Å². The molecule has 5 nitrogen and oxygen atoms in total. The highest BCUT2D eigenvalue weighted by atomic mass is 16.1. The Kier molecular flexibility index (Phi) is 4.35. The summed E-state index contributed by atoms with van der Waals surface area (Å²) in [5, 5.41) is 4.52. The van der Waals surface area contributed by atoms with Crippen LogP contribution in [0.25, 0.3) is 33.0 Å². The number of hydrogen-bond donors (Lipinski definition) is 3. The van der Waals surface area contributed by atoms with Crippen molar-refractivity contribution in [1.82, 2.24) is 15.3 Å². The molecule has 2 aromatic carbocycles. The maximum atomic E-state index is 12.9. The highest BCUT2D eigenvalue weighted by Gasteiger charge is 2.22. The van der Waals surface area contributed by atoms with Gasteiger partial charge in [-0.15, -0.1) is 0 Å². The third-order valence-electron chi connectivity index (χ3n) is 5.08. The molecule has 5 heteroatoms. The maximum Gasteiger partial charge on any atom is 0.252 e. The van der Waals surface area contributed by atoms with Gasteiger partial charge in [-0.05, 0) is 38.1 Å². The van der Waals surface area contributed by atoms with E-state index in [1.54, 1.807) is 19.4 Å². The van der Waals surface area contributed by atoms with Gasteiger partial charge in [-0.3, -0.25) is 9.59 Å². The molecule has 0 saturated heterocycles. The maximum absolute atomic E-state index is 12.9. The van der Waals surface area contributed by atoms with Crippen molar-refractivity contribution in [2.75, 3.05) is 7.05 Å². The Morgan fingerprint density at radius 3 is 1.96 bits per heavy atom. The molecule has 2 aromatic heterocycles. The van der Waals surface area contributed by atoms with Gasteiger partial charge < -0.3 is 15.3 Å². The molecular weight excluding hydrogens is 350 g/mol. The van der Waals surface area contributed by atoms with Crippen molar-refractivity contribution in [2.45, 2.75) is 13.8 Å². The molecule has 140 valence electrons. The Bertz CT molecular complexity index is 1260. The second-order valence-corrected chi connectivity index (χ2v) is 6.99. The van der Waals surface area contributed by atoms with E-state index in [0.717, 1.165) is 39.2 Å². The summed E-state index contributed by atoms with van der Waals surface area (Å²) in [7, 11) is 1.57. The zero-order chi connectivity index (χ0) is 19.8. The lowest BCUT2D eigenvalue weighted by molar-refractivity contribution is -0.115. The van der Waals surface area contributed by atoms with Crippen molar-refractivity contribution < 1.29 is 9.59 Å². The number of nitrogens with one attached hydrogen (secondary N) is 3. The average molecular weight is 371 g/mol. The summed E-state index contributed by atoms with van der Waals surface area (Å²) in [6, 6.07) is 12.0. The Morgan fingerprint density at radius 1 is 0.893 bits per heavy atom. The fraction of sp³-hybridized carbons (Fsp3) is 0.130. The van der Waals surface area contributed by atoms with Gasteiger partial charge in [-0.25, -0.2) is 0 Å². The number of likely N-dealkylation sites (N-methyl/N-ethyl adjacent to an activating group) is 1. The monoisotopic (exact) mass is 371 g/mol. The summed E-state index contributed by atoms with van der Waals surface area (Å²) in [5.74, 6) is -0.300. The van der Waals surface area contributed by atoms with Crippen molar-refractivity contribution >= 4 is 45.1 Å². The molecule has 0 radical (unpaired) electrons. The number of amides is 1. The Morgan fingerprint density at radius 2 is 1.43 bits per heavy atom. The lowest BCUT2D eigenvalue weighted by Gasteiger charge is -2.10. The van der Waals surface area contributed by atoms with Crippen LogP contribution in [-0.2, 0) is 9.59 Å². The molecule has 0 aliphatic heterocycles. The molecule has 0 fully saturated rings. The topological polar surface area (TPSA) is 77.8 Å². The van der Waals surface area contributed by atoms with Gasteiger partial charge in [0, 0.05) is 57.9 Å². The summed E-state index contributed by atoms with van der Waals surface area (Å²) in [5.41, 5.74) is 6.16. The molecular formula is C23H21N3O2. The van der Waals surface area contributed by atoms with Crippen molar-refractivity contribution in [2.24, 2.45) is 0 Å². The molecule has 0 saturated carbocycles. The van der Waals surface area contributed by atoms with Gasteiger partial charge in [0.25, 0.3) is 5.91 Å². The van der Waals surface area contributed by atoms with Gasteiger partial charge in [0.05, 0.1) is 5.57 Å². The molecule has 1 amide bonds. The lowest BCUT2D eigenvalue weighted by atomic mass is 9.93. The van der Waals surface area contributed by atoms with Crippen molar-refractivity contribution in [3.63, 3.8) is 0 Å². The van der Waals surface area contributed by atoms with E-state index in [-0.39, 0.29) is 5.91 Å². The van der Waals surface area contributed by atoms with Gasteiger partial charge in [0.1, 0.15) is 0 Å². The number of H-pyrrole nitrogens is 2. The third kappa shape index (κ3) is 2.81. The number of aromatic amines is 2. The van der Waals surface area contributed by atoms with Crippen LogP contribution in [0.2, 0.25) is 0 Å². The van der Waals surface area contributed by atoms with Crippen LogP contribution in [0.1, 0.15) is 22.3 Å². The number of hydrogen-bond acceptors (Lipinski definition) is 2. The highest BCUT2D eigenvalue weighted by molar-refractivity contribution is 6.38. The van der Waals surface area contributed by atoms with E-state index in [2.05, 4.69) is 15.3 Å². The second kappa shape index (κ2) is 6.85. The predicted octanol–water partition coefficient (Wildman–Crippen LogP) is 4.12. The molecule has 0 aliphatic carbocycles. The van der Waals surface area contributed by atoms with E-state index in [1.165, 1.54) is 0 Å². The minimum absolute atomic E-state index is 0.300. The molecule has 0 aliphatic rings. The number of aldehydes is 1. The summed E-state index contributed by atoms with van der Waals surface area (Å²) in [6.45, 7) is 4.01. The number of aryl methyl sites for hydroxylation is 2. The van der Waals surface area contributed by atoms with Gasteiger partial charge in [-0.1, -0.05) is 23.3 Å². The second-order valence-electron chi connectivity index (χ2n) is 6.99. The van der Waals surface area contributed by atoms with Crippen LogP contribution in [0.15, 0.2) is 48.8 Å². The van der Waals surface area contributed by atoms with Crippen molar-refractivity contribution in [3.8, 4) is 0 Å². The number of fused-ring (bicyclic) bond motifs is 2. The van der Waals surface area contributed by atoms with Crippen LogP contribution >= 0.6 is 0 Å². The Balaban J connectivity index is 2.07. The first-order valence-electron chi connectivity index (χ1n) is 9.11. The quantitative estimate of drug-likeness (QED) is 0.373. The Hall–Kier alpha value is -3.60. The van der Waals surface area contributed by atoms with Crippen LogP contribution in [0.4, 0.5) is 0 Å². The summed E-state index contributed by atoms with van der Waals surface area (Å²) in [4.78, 5) is 31.5. The summed E-state index contributed by atoms with van der Waals surface area (Å²) in [6.07, 6.45) is 4.35. The summed E-state index contributed by atoms with van der Waals surface area (Å²) < 4.78 is 0. The molecule has 0 atom stereocenters. The normalized spacial score (nSPS) is 12.2. The highest BCUT2D eigenvalue weighted by Crippen LogP contribution is 2.34. The largest absolute Gasteiger partial charge is 0.361 e. The van der Waals surface area contributed by atoms with Crippen LogP contribution in [0.5, 0.6) is 0 Å². The number of benzene rings is 2. The number of aromatic nitrogens is 2. The number of carbonyl (C=O) groups is 2. The molecule has 3 N–H and O–H groups in total. The van der Waals surface area contributed by atoms with Gasteiger partial charge in [0.15, 0.2) is 6.29 Å². The van der Waals surface area contributed by atoms with E-state index in [9.17, 15) is 9.59 Å². The minimum atomic E-state index is -0.300. The smallest absolute Gasteiger partial charge is 0.252 e. The molecule has 28 heavy (non-hydrogen) atoms. The molecule has 4 rings (SSSR count). The van der Waals surface area contributed by atoms with Crippen LogP contribution in [0.3, 0.4) is 0 Å². The molecule has 0 spiro atoms. The van der Waals surface area contributed by atoms with E-state index in [1.807, 2.05) is 50.2 Å². The number of rotatable bonds is 4. The minimum Gasteiger partial charge on any atom is -0.361 e. The first-order chi connectivity index (χ1) is 13.5. The van der Waals surface area contributed by atoms with Crippen molar-refractivity contribution in [1.29, 1.82) is 0 Å². The van der Waals surface area contributed by atoms with E-state index < -0.39 is 0 Å². The third-order valence-corrected chi connectivity index (χ3v) is 5.08. The molecule has 0 unspecified atom stereocenters. The molecule has 4 aromatic rings. The molecule has 2 heterocycles.